The molecule has 0 atom stereocenters. The topological polar surface area (TPSA) is 106 Å². The number of amides is 1. The summed E-state index contributed by atoms with van der Waals surface area (Å²) in [7, 11) is 0. The molecule has 130 valence electrons. The van der Waals surface area contributed by atoms with Gasteiger partial charge in [-0.1, -0.05) is 11.6 Å². The molecule has 1 aromatic heterocycles. The third kappa shape index (κ3) is 5.10. The molecule has 1 aromatic carbocycles. The van der Waals surface area contributed by atoms with Gasteiger partial charge in [0.15, 0.2) is 10.9 Å². The van der Waals surface area contributed by atoms with Crippen LogP contribution in [0.5, 0.6) is 5.75 Å². The predicted molar refractivity (Wildman–Crippen MR) is 97.2 cm³/mol. The van der Waals surface area contributed by atoms with Crippen molar-refractivity contribution in [2.45, 2.75) is 6.92 Å². The van der Waals surface area contributed by atoms with Crippen LogP contribution in [0.3, 0.4) is 0 Å². The number of thiocarbonyl (C=S) groups is 1. The maximum absolute atomic E-state index is 12.2. The molecule has 0 unspecified atom stereocenters. The van der Waals surface area contributed by atoms with E-state index in [9.17, 15) is 14.9 Å². The third-order valence-electron chi connectivity index (χ3n) is 2.91. The summed E-state index contributed by atoms with van der Waals surface area (Å²) in [6, 6.07) is 7.10. The molecule has 2 N–H and O–H groups in total. The number of rotatable bonds is 5. The van der Waals surface area contributed by atoms with Gasteiger partial charge in [-0.15, -0.1) is 0 Å². The van der Waals surface area contributed by atoms with E-state index in [0.29, 0.717) is 10.8 Å². The van der Waals surface area contributed by atoms with Crippen molar-refractivity contribution in [3.8, 4) is 5.75 Å². The van der Waals surface area contributed by atoms with Crippen LogP contribution in [-0.2, 0) is 0 Å². The molecule has 2 aromatic rings. The van der Waals surface area contributed by atoms with Crippen LogP contribution in [0.4, 0.5) is 11.5 Å². The fraction of sp³-hybridized carbons (Fsp3) is 0.133. The molecule has 0 bridgehead atoms. The number of nitrogens with zero attached hydrogens (tertiary/aromatic N) is 2. The van der Waals surface area contributed by atoms with Crippen LogP contribution in [0.2, 0.25) is 5.02 Å². The highest BCUT2D eigenvalue weighted by molar-refractivity contribution is 7.80. The summed E-state index contributed by atoms with van der Waals surface area (Å²) in [5.74, 6) is -0.111. The lowest BCUT2D eigenvalue weighted by Gasteiger charge is -2.10. The minimum Gasteiger partial charge on any atom is -0.487 e. The van der Waals surface area contributed by atoms with Gasteiger partial charge in [-0.3, -0.25) is 20.2 Å². The van der Waals surface area contributed by atoms with E-state index in [1.807, 2.05) is 0 Å². The minimum absolute atomic E-state index is 0.00337. The summed E-state index contributed by atoms with van der Waals surface area (Å²) in [6.07, 6.45) is 1.42. The summed E-state index contributed by atoms with van der Waals surface area (Å²) in [4.78, 5) is 26.7. The van der Waals surface area contributed by atoms with Crippen molar-refractivity contribution in [1.82, 2.24) is 10.3 Å². The number of ether oxygens (including phenoxy) is 1. The van der Waals surface area contributed by atoms with Crippen molar-refractivity contribution in [3.63, 3.8) is 0 Å². The maximum atomic E-state index is 12.2. The Morgan fingerprint density at radius 1 is 1.40 bits per heavy atom. The number of nitro groups is 1. The van der Waals surface area contributed by atoms with Gasteiger partial charge in [0, 0.05) is 17.8 Å². The van der Waals surface area contributed by atoms with Crippen molar-refractivity contribution in [1.29, 1.82) is 0 Å². The van der Waals surface area contributed by atoms with Gasteiger partial charge in [0.25, 0.3) is 5.91 Å². The van der Waals surface area contributed by atoms with Crippen LogP contribution >= 0.6 is 23.8 Å². The lowest BCUT2D eigenvalue weighted by Crippen LogP contribution is -2.34. The first-order chi connectivity index (χ1) is 11.9. The lowest BCUT2D eigenvalue weighted by molar-refractivity contribution is -0.385. The minimum atomic E-state index is -0.615. The second-order valence-corrected chi connectivity index (χ2v) is 5.49. The van der Waals surface area contributed by atoms with Crippen molar-refractivity contribution < 1.29 is 14.5 Å². The molecule has 1 amide bonds. The highest BCUT2D eigenvalue weighted by Crippen LogP contribution is 2.27. The quantitative estimate of drug-likeness (QED) is 0.466. The second kappa shape index (κ2) is 8.36. The zero-order valence-electron chi connectivity index (χ0n) is 13.0. The van der Waals surface area contributed by atoms with Crippen molar-refractivity contribution in [2.75, 3.05) is 11.9 Å². The molecule has 8 nitrogen and oxygen atoms in total. The fourth-order valence-electron chi connectivity index (χ4n) is 1.85. The number of carbonyl (C=O) groups is 1. The molecule has 25 heavy (non-hydrogen) atoms. The average molecular weight is 381 g/mol. The molecule has 0 aliphatic rings. The standard InChI is InChI=1S/C15H13ClN4O4S/c1-2-24-12-5-3-9(7-11(12)20(22)23)14(21)19-15(25)18-13-6-4-10(16)8-17-13/h3-8H,2H2,1H3,(H2,17,18,19,21,25). The molecule has 1 heterocycles. The maximum Gasteiger partial charge on any atom is 0.311 e. The van der Waals surface area contributed by atoms with Crippen LogP contribution in [0, 0.1) is 10.1 Å². The molecule has 2 rings (SSSR count). The van der Waals surface area contributed by atoms with Crippen LogP contribution < -0.4 is 15.4 Å². The third-order valence-corrected chi connectivity index (χ3v) is 3.34. The van der Waals surface area contributed by atoms with Gasteiger partial charge in [0.2, 0.25) is 0 Å². The normalized spacial score (nSPS) is 10.0. The van der Waals surface area contributed by atoms with Crippen molar-refractivity contribution in [2.24, 2.45) is 0 Å². The highest BCUT2D eigenvalue weighted by atomic mass is 35.5. The van der Waals surface area contributed by atoms with Gasteiger partial charge in [-0.05, 0) is 43.4 Å². The van der Waals surface area contributed by atoms with Crippen molar-refractivity contribution in [3.05, 3.63) is 57.2 Å². The van der Waals surface area contributed by atoms with Gasteiger partial charge in [0.05, 0.1) is 16.6 Å². The Bertz CT molecular complexity index is 814. The first kappa shape index (κ1) is 18.6. The molecule has 0 saturated heterocycles. The number of aromatic nitrogens is 1. The smallest absolute Gasteiger partial charge is 0.311 e. The molecule has 0 fully saturated rings. The van der Waals surface area contributed by atoms with Gasteiger partial charge in [-0.25, -0.2) is 4.98 Å². The van der Waals surface area contributed by atoms with Crippen molar-refractivity contribution >= 4 is 46.3 Å². The SMILES string of the molecule is CCOc1ccc(C(=O)NC(=S)Nc2ccc(Cl)cn2)cc1[N+](=O)[O-]. The largest absolute Gasteiger partial charge is 0.487 e. The Morgan fingerprint density at radius 2 is 2.16 bits per heavy atom. The molecule has 0 saturated carbocycles. The zero-order chi connectivity index (χ0) is 18.4. The summed E-state index contributed by atoms with van der Waals surface area (Å²) in [5, 5.41) is 16.7. The Morgan fingerprint density at radius 3 is 2.76 bits per heavy atom. The molecule has 10 heteroatoms. The lowest BCUT2D eigenvalue weighted by atomic mass is 10.1. The number of carbonyl (C=O) groups excluding carboxylic acids is 1. The highest BCUT2D eigenvalue weighted by Gasteiger charge is 2.19. The van der Waals surface area contributed by atoms with Crippen LogP contribution in [0.25, 0.3) is 0 Å². The van der Waals surface area contributed by atoms with Gasteiger partial charge < -0.3 is 10.1 Å². The molecular weight excluding hydrogens is 368 g/mol. The zero-order valence-corrected chi connectivity index (χ0v) is 14.6. The molecular formula is C15H13ClN4O4S. The Kier molecular flexibility index (Phi) is 6.20. The summed E-state index contributed by atoms with van der Waals surface area (Å²) >= 11 is 10.8. The Labute approximate surface area is 153 Å². The van der Waals surface area contributed by atoms with E-state index in [2.05, 4.69) is 15.6 Å². The number of pyridine rings is 1. The van der Waals surface area contributed by atoms with Crippen LogP contribution in [0.15, 0.2) is 36.5 Å². The Hall–Kier alpha value is -2.78. The number of halogens is 1. The monoisotopic (exact) mass is 380 g/mol. The summed E-state index contributed by atoms with van der Waals surface area (Å²) < 4.78 is 5.17. The molecule has 0 aliphatic carbocycles. The molecule has 0 radical (unpaired) electrons. The van der Waals surface area contributed by atoms with Gasteiger partial charge >= 0.3 is 5.69 Å². The Balaban J connectivity index is 2.09. The van der Waals surface area contributed by atoms with E-state index in [1.54, 1.807) is 19.1 Å². The number of hydrogen-bond donors (Lipinski definition) is 2. The first-order valence-corrected chi connectivity index (χ1v) is 7.84. The number of nitrogens with one attached hydrogen (secondary N) is 2. The molecule has 0 spiro atoms. The molecule has 0 aliphatic heterocycles. The number of nitro benzene ring substituents is 1. The van der Waals surface area contributed by atoms with E-state index in [1.165, 1.54) is 18.3 Å². The summed E-state index contributed by atoms with van der Waals surface area (Å²) in [5.41, 5.74) is -0.226. The number of hydrogen-bond acceptors (Lipinski definition) is 6. The average Bonchev–Trinajstić information content (AvgIpc) is 2.57. The van der Waals surface area contributed by atoms with Crippen LogP contribution in [0.1, 0.15) is 17.3 Å². The number of benzene rings is 1. The first-order valence-electron chi connectivity index (χ1n) is 7.06. The number of anilines is 1. The van der Waals surface area contributed by atoms with E-state index in [4.69, 9.17) is 28.6 Å². The van der Waals surface area contributed by atoms with E-state index < -0.39 is 10.8 Å². The summed E-state index contributed by atoms with van der Waals surface area (Å²) in [6.45, 7) is 1.98. The van der Waals surface area contributed by atoms with Gasteiger partial charge in [0.1, 0.15) is 5.82 Å². The van der Waals surface area contributed by atoms with E-state index in [-0.39, 0.29) is 28.7 Å². The van der Waals surface area contributed by atoms with Gasteiger partial charge in [-0.2, -0.15) is 0 Å². The fourth-order valence-corrected chi connectivity index (χ4v) is 2.16. The van der Waals surface area contributed by atoms with E-state index >= 15 is 0 Å². The van der Waals surface area contributed by atoms with Crippen LogP contribution in [-0.4, -0.2) is 27.5 Å². The predicted octanol–water partition coefficient (Wildman–Crippen LogP) is 3.17. The second-order valence-electron chi connectivity index (χ2n) is 4.64. The van der Waals surface area contributed by atoms with E-state index in [0.717, 1.165) is 6.07 Å².